The molecule has 1 aliphatic carbocycles. The lowest BCUT2D eigenvalue weighted by Gasteiger charge is -2.22. The van der Waals surface area contributed by atoms with Gasteiger partial charge >= 0.3 is 5.97 Å². The summed E-state index contributed by atoms with van der Waals surface area (Å²) in [5, 5.41) is 2.89. The molecule has 0 radical (unpaired) electrons. The van der Waals surface area contributed by atoms with Crippen molar-refractivity contribution in [3.63, 3.8) is 0 Å². The summed E-state index contributed by atoms with van der Waals surface area (Å²) in [6.45, 7) is -0.260. The highest BCUT2D eigenvalue weighted by Crippen LogP contribution is 2.17. The fourth-order valence-electron chi connectivity index (χ4n) is 2.41. The molecule has 1 aliphatic rings. The van der Waals surface area contributed by atoms with Crippen LogP contribution in [0.1, 0.15) is 42.5 Å². The summed E-state index contributed by atoms with van der Waals surface area (Å²) in [7, 11) is 0. The molecule has 0 saturated heterocycles. The van der Waals surface area contributed by atoms with Crippen LogP contribution in [0.25, 0.3) is 0 Å². The normalized spacial score (nSPS) is 15.6. The molecule has 0 atom stereocenters. The summed E-state index contributed by atoms with van der Waals surface area (Å²) in [5.41, 5.74) is 6.32. The molecule has 0 bridgehead atoms. The SMILES string of the molecule is Nc1ccccc1C(=O)OCC(=O)NC1CCCCC1. The van der Waals surface area contributed by atoms with Crippen molar-refractivity contribution in [1.82, 2.24) is 5.32 Å². The molecule has 108 valence electrons. The van der Waals surface area contributed by atoms with Gasteiger partial charge in [-0.2, -0.15) is 0 Å². The van der Waals surface area contributed by atoms with Gasteiger partial charge in [0.1, 0.15) is 0 Å². The van der Waals surface area contributed by atoms with Crippen molar-refractivity contribution in [3.05, 3.63) is 29.8 Å². The Morgan fingerprint density at radius 3 is 2.60 bits per heavy atom. The molecule has 5 heteroatoms. The van der Waals surface area contributed by atoms with Crippen LogP contribution < -0.4 is 11.1 Å². The molecule has 0 unspecified atom stereocenters. The third kappa shape index (κ3) is 3.98. The Bertz CT molecular complexity index is 482. The average Bonchev–Trinajstić information content (AvgIpc) is 2.46. The summed E-state index contributed by atoms with van der Waals surface area (Å²) >= 11 is 0. The molecule has 1 saturated carbocycles. The molecule has 20 heavy (non-hydrogen) atoms. The number of amides is 1. The maximum atomic E-state index is 11.8. The van der Waals surface area contributed by atoms with E-state index < -0.39 is 5.97 Å². The number of benzene rings is 1. The Balaban J connectivity index is 1.78. The van der Waals surface area contributed by atoms with Crippen molar-refractivity contribution in [1.29, 1.82) is 0 Å². The number of nitrogens with one attached hydrogen (secondary N) is 1. The maximum absolute atomic E-state index is 11.8. The van der Waals surface area contributed by atoms with E-state index >= 15 is 0 Å². The Hall–Kier alpha value is -2.04. The van der Waals surface area contributed by atoms with Gasteiger partial charge in [-0.3, -0.25) is 4.79 Å². The minimum absolute atomic E-state index is 0.219. The van der Waals surface area contributed by atoms with Gasteiger partial charge in [0.05, 0.1) is 5.56 Å². The van der Waals surface area contributed by atoms with Crippen LogP contribution in [0.15, 0.2) is 24.3 Å². The van der Waals surface area contributed by atoms with Crippen LogP contribution in [0.2, 0.25) is 0 Å². The number of esters is 1. The quantitative estimate of drug-likeness (QED) is 0.650. The summed E-state index contributed by atoms with van der Waals surface area (Å²) in [4.78, 5) is 23.5. The minimum atomic E-state index is -0.568. The Morgan fingerprint density at radius 1 is 1.20 bits per heavy atom. The molecule has 0 aromatic heterocycles. The summed E-state index contributed by atoms with van der Waals surface area (Å²) in [6, 6.07) is 6.86. The molecule has 0 aliphatic heterocycles. The summed E-state index contributed by atoms with van der Waals surface area (Å²) in [5.74, 6) is -0.818. The van der Waals surface area contributed by atoms with E-state index in [1.807, 2.05) is 0 Å². The van der Waals surface area contributed by atoms with Gasteiger partial charge in [0.25, 0.3) is 5.91 Å². The fourth-order valence-corrected chi connectivity index (χ4v) is 2.41. The number of hydrogen-bond acceptors (Lipinski definition) is 4. The Kier molecular flexibility index (Phi) is 4.98. The van der Waals surface area contributed by atoms with Crippen molar-refractivity contribution in [2.75, 3.05) is 12.3 Å². The van der Waals surface area contributed by atoms with Crippen LogP contribution in [0.3, 0.4) is 0 Å². The van der Waals surface area contributed by atoms with E-state index in [4.69, 9.17) is 10.5 Å². The standard InChI is InChI=1S/C15H20N2O3/c16-13-9-5-4-8-12(13)15(19)20-10-14(18)17-11-6-2-1-3-7-11/h4-5,8-9,11H,1-3,6-7,10,16H2,(H,17,18). The van der Waals surface area contributed by atoms with Gasteiger partial charge in [-0.25, -0.2) is 4.79 Å². The largest absolute Gasteiger partial charge is 0.452 e. The highest BCUT2D eigenvalue weighted by molar-refractivity contribution is 5.96. The number of nitrogen functional groups attached to an aromatic ring is 1. The van der Waals surface area contributed by atoms with Crippen LogP contribution in [0.5, 0.6) is 0 Å². The van der Waals surface area contributed by atoms with Crippen molar-refractivity contribution in [3.8, 4) is 0 Å². The van der Waals surface area contributed by atoms with E-state index in [0.29, 0.717) is 5.69 Å². The van der Waals surface area contributed by atoms with Gasteiger partial charge in [0.15, 0.2) is 6.61 Å². The fraction of sp³-hybridized carbons (Fsp3) is 0.467. The van der Waals surface area contributed by atoms with Crippen molar-refractivity contribution in [2.45, 2.75) is 38.1 Å². The molecule has 1 fully saturated rings. The van der Waals surface area contributed by atoms with E-state index in [9.17, 15) is 9.59 Å². The van der Waals surface area contributed by atoms with E-state index in [2.05, 4.69) is 5.32 Å². The predicted molar refractivity (Wildman–Crippen MR) is 76.2 cm³/mol. The first-order valence-electron chi connectivity index (χ1n) is 6.98. The molecule has 1 aromatic rings. The molecular weight excluding hydrogens is 256 g/mol. The first kappa shape index (κ1) is 14.4. The number of hydrogen-bond donors (Lipinski definition) is 2. The number of nitrogens with two attached hydrogens (primary N) is 1. The van der Waals surface area contributed by atoms with Gasteiger partial charge < -0.3 is 15.8 Å². The minimum Gasteiger partial charge on any atom is -0.452 e. The highest BCUT2D eigenvalue weighted by Gasteiger charge is 2.17. The summed E-state index contributed by atoms with van der Waals surface area (Å²) < 4.78 is 4.98. The first-order chi connectivity index (χ1) is 9.66. The topological polar surface area (TPSA) is 81.4 Å². The van der Waals surface area contributed by atoms with Crippen LogP contribution in [0, 0.1) is 0 Å². The van der Waals surface area contributed by atoms with E-state index in [1.165, 1.54) is 6.42 Å². The van der Waals surface area contributed by atoms with Crippen LogP contribution >= 0.6 is 0 Å². The van der Waals surface area contributed by atoms with Gasteiger partial charge in [-0.05, 0) is 25.0 Å². The maximum Gasteiger partial charge on any atom is 0.340 e. The number of ether oxygens (including phenoxy) is 1. The third-order valence-electron chi connectivity index (χ3n) is 3.49. The Morgan fingerprint density at radius 2 is 1.90 bits per heavy atom. The van der Waals surface area contributed by atoms with Crippen molar-refractivity contribution < 1.29 is 14.3 Å². The Labute approximate surface area is 118 Å². The zero-order valence-corrected chi connectivity index (χ0v) is 11.4. The predicted octanol–water partition coefficient (Wildman–Crippen LogP) is 1.87. The second-order valence-corrected chi connectivity index (χ2v) is 5.07. The van der Waals surface area contributed by atoms with Gasteiger partial charge in [0, 0.05) is 11.7 Å². The van der Waals surface area contributed by atoms with E-state index in [-0.39, 0.29) is 24.1 Å². The van der Waals surface area contributed by atoms with Gasteiger partial charge in [-0.1, -0.05) is 31.4 Å². The third-order valence-corrected chi connectivity index (χ3v) is 3.49. The first-order valence-corrected chi connectivity index (χ1v) is 6.98. The number of para-hydroxylation sites is 1. The van der Waals surface area contributed by atoms with Crippen LogP contribution in [-0.4, -0.2) is 24.5 Å². The lowest BCUT2D eigenvalue weighted by Crippen LogP contribution is -2.38. The number of carbonyl (C=O) groups is 2. The molecule has 3 N–H and O–H groups in total. The highest BCUT2D eigenvalue weighted by atomic mass is 16.5. The van der Waals surface area contributed by atoms with Crippen LogP contribution in [-0.2, 0) is 9.53 Å². The average molecular weight is 276 g/mol. The van der Waals surface area contributed by atoms with Gasteiger partial charge in [0.2, 0.25) is 0 Å². The molecule has 1 aromatic carbocycles. The molecule has 1 amide bonds. The zero-order valence-electron chi connectivity index (χ0n) is 11.4. The molecular formula is C15H20N2O3. The molecule has 0 spiro atoms. The molecule has 2 rings (SSSR count). The zero-order chi connectivity index (χ0) is 14.4. The number of carbonyl (C=O) groups excluding carboxylic acids is 2. The molecule has 0 heterocycles. The second kappa shape index (κ2) is 6.93. The van der Waals surface area contributed by atoms with Crippen molar-refractivity contribution in [2.24, 2.45) is 0 Å². The lowest BCUT2D eigenvalue weighted by molar-refractivity contribution is -0.125. The van der Waals surface area contributed by atoms with Gasteiger partial charge in [-0.15, -0.1) is 0 Å². The lowest BCUT2D eigenvalue weighted by atomic mass is 9.95. The number of anilines is 1. The van der Waals surface area contributed by atoms with Crippen molar-refractivity contribution >= 4 is 17.6 Å². The van der Waals surface area contributed by atoms with E-state index in [1.54, 1.807) is 24.3 Å². The monoisotopic (exact) mass is 276 g/mol. The van der Waals surface area contributed by atoms with E-state index in [0.717, 1.165) is 25.7 Å². The molecule has 5 nitrogen and oxygen atoms in total. The summed E-state index contributed by atoms with van der Waals surface area (Å²) in [6.07, 6.45) is 5.53. The number of rotatable bonds is 4. The van der Waals surface area contributed by atoms with Crippen LogP contribution in [0.4, 0.5) is 5.69 Å². The second-order valence-electron chi connectivity index (χ2n) is 5.07. The smallest absolute Gasteiger partial charge is 0.340 e.